The Hall–Kier alpha value is -1.54. The van der Waals surface area contributed by atoms with Crippen LogP contribution in [0.15, 0.2) is 33.9 Å². The van der Waals surface area contributed by atoms with Gasteiger partial charge in [-0.25, -0.2) is 4.39 Å². The average molecular weight is 327 g/mol. The molecule has 0 aliphatic heterocycles. The molecule has 1 amide bonds. The fraction of sp³-hybridized carbons (Fsp3) is 0.308. The van der Waals surface area contributed by atoms with Crippen LogP contribution in [0.3, 0.4) is 0 Å². The van der Waals surface area contributed by atoms with Gasteiger partial charge in [0.25, 0.3) is 5.22 Å². The van der Waals surface area contributed by atoms with Crippen LogP contribution in [0.5, 0.6) is 0 Å². The summed E-state index contributed by atoms with van der Waals surface area (Å²) < 4.78 is 18.1. The zero-order chi connectivity index (χ0) is 15.1. The Labute approximate surface area is 130 Å². The topological polar surface area (TPSA) is 68.0 Å². The summed E-state index contributed by atoms with van der Waals surface area (Å²) in [7, 11) is 0. The Kier molecular flexibility index (Phi) is 6.06. The van der Waals surface area contributed by atoms with Crippen LogP contribution in [0.4, 0.5) is 4.39 Å². The number of hydrogen-bond acceptors (Lipinski definition) is 6. The highest BCUT2D eigenvalue weighted by Gasteiger charge is 2.09. The Morgan fingerprint density at radius 3 is 2.81 bits per heavy atom. The zero-order valence-electron chi connectivity index (χ0n) is 11.3. The lowest BCUT2D eigenvalue weighted by Crippen LogP contribution is -2.24. The van der Waals surface area contributed by atoms with Crippen LogP contribution in [-0.2, 0) is 17.1 Å². The fourth-order valence-corrected chi connectivity index (χ4v) is 2.43. The highest BCUT2D eigenvalue weighted by atomic mass is 32.2. The van der Waals surface area contributed by atoms with E-state index in [4.69, 9.17) is 4.42 Å². The third-order valence-corrected chi connectivity index (χ3v) is 3.80. The normalized spacial score (nSPS) is 10.6. The van der Waals surface area contributed by atoms with Crippen molar-refractivity contribution in [2.75, 3.05) is 12.0 Å². The molecule has 2 aromatic rings. The predicted octanol–water partition coefficient (Wildman–Crippen LogP) is 2.48. The first-order valence-corrected chi connectivity index (χ1v) is 8.50. The largest absolute Gasteiger partial charge is 0.415 e. The maximum Gasteiger partial charge on any atom is 0.277 e. The monoisotopic (exact) mass is 327 g/mol. The predicted molar refractivity (Wildman–Crippen MR) is 80.5 cm³/mol. The van der Waals surface area contributed by atoms with Crippen LogP contribution >= 0.6 is 23.5 Å². The number of thioether (sulfide) groups is 2. The number of amides is 1. The molecule has 8 heteroatoms. The van der Waals surface area contributed by atoms with Crippen LogP contribution < -0.4 is 5.32 Å². The lowest BCUT2D eigenvalue weighted by Gasteiger charge is -2.04. The van der Waals surface area contributed by atoms with E-state index >= 15 is 0 Å². The maximum atomic E-state index is 12.7. The number of nitrogens with zero attached hydrogens (tertiary/aromatic N) is 2. The lowest BCUT2D eigenvalue weighted by molar-refractivity contribution is -0.118. The van der Waals surface area contributed by atoms with Gasteiger partial charge >= 0.3 is 0 Å². The first kappa shape index (κ1) is 15.8. The second kappa shape index (κ2) is 8.04. The van der Waals surface area contributed by atoms with Crippen molar-refractivity contribution in [2.45, 2.75) is 17.5 Å². The number of halogens is 1. The van der Waals surface area contributed by atoms with Crippen LogP contribution in [0.2, 0.25) is 0 Å². The maximum absolute atomic E-state index is 12.7. The molecule has 0 aliphatic carbocycles. The number of carbonyl (C=O) groups is 1. The van der Waals surface area contributed by atoms with E-state index in [9.17, 15) is 9.18 Å². The number of carbonyl (C=O) groups excluding carboxylic acids is 1. The fourth-order valence-electron chi connectivity index (χ4n) is 1.46. The van der Waals surface area contributed by atoms with Crippen LogP contribution in [0, 0.1) is 5.82 Å². The minimum Gasteiger partial charge on any atom is -0.415 e. The highest BCUT2D eigenvalue weighted by molar-refractivity contribution is 7.99. The van der Waals surface area contributed by atoms with E-state index in [0.717, 1.165) is 5.56 Å². The zero-order valence-corrected chi connectivity index (χ0v) is 13.0. The van der Waals surface area contributed by atoms with Crippen molar-refractivity contribution in [3.63, 3.8) is 0 Å². The summed E-state index contributed by atoms with van der Waals surface area (Å²) in [6.07, 6.45) is 1.94. The van der Waals surface area contributed by atoms with Gasteiger partial charge in [-0.05, 0) is 24.0 Å². The van der Waals surface area contributed by atoms with Crippen LogP contribution in [-0.4, -0.2) is 28.1 Å². The number of benzene rings is 1. The molecule has 0 unspecified atom stereocenters. The molecule has 0 atom stereocenters. The van der Waals surface area contributed by atoms with Crippen LogP contribution in [0.25, 0.3) is 0 Å². The van der Waals surface area contributed by atoms with Gasteiger partial charge in [0, 0.05) is 6.54 Å². The molecule has 5 nitrogen and oxygen atoms in total. The van der Waals surface area contributed by atoms with Crippen molar-refractivity contribution in [1.29, 1.82) is 0 Å². The molecule has 0 fully saturated rings. The lowest BCUT2D eigenvalue weighted by atomic mass is 10.2. The smallest absolute Gasteiger partial charge is 0.277 e. The third kappa shape index (κ3) is 5.39. The molecule has 1 aromatic carbocycles. The van der Waals surface area contributed by atoms with Crippen molar-refractivity contribution in [3.05, 3.63) is 41.5 Å². The Morgan fingerprint density at radius 1 is 1.33 bits per heavy atom. The number of nitrogens with one attached hydrogen (secondary N) is 1. The van der Waals surface area contributed by atoms with Gasteiger partial charge in [0.05, 0.1) is 11.5 Å². The SMILES string of the molecule is CSCc1nnc(SCC(=O)NCc2ccc(F)cc2)o1. The summed E-state index contributed by atoms with van der Waals surface area (Å²) >= 11 is 2.78. The summed E-state index contributed by atoms with van der Waals surface area (Å²) in [5, 5.41) is 10.8. The minimum absolute atomic E-state index is 0.144. The first-order valence-electron chi connectivity index (χ1n) is 6.12. The Balaban J connectivity index is 1.72. The summed E-state index contributed by atoms with van der Waals surface area (Å²) in [6.45, 7) is 0.362. The number of rotatable bonds is 7. The molecule has 0 saturated heterocycles. The van der Waals surface area contributed by atoms with Gasteiger partial charge in [-0.1, -0.05) is 23.9 Å². The Bertz CT molecular complexity index is 589. The van der Waals surface area contributed by atoms with Gasteiger partial charge in [0.2, 0.25) is 11.8 Å². The molecular formula is C13H14FN3O2S2. The molecule has 0 aliphatic rings. The molecule has 1 heterocycles. The van der Waals surface area contributed by atoms with E-state index in [1.54, 1.807) is 23.9 Å². The molecule has 2 rings (SSSR count). The molecule has 112 valence electrons. The van der Waals surface area contributed by atoms with Crippen molar-refractivity contribution in [1.82, 2.24) is 15.5 Å². The van der Waals surface area contributed by atoms with Gasteiger partial charge in [0.1, 0.15) is 5.82 Å². The van der Waals surface area contributed by atoms with Gasteiger partial charge in [0.15, 0.2) is 0 Å². The Morgan fingerprint density at radius 2 is 2.10 bits per heavy atom. The summed E-state index contributed by atoms with van der Waals surface area (Å²) in [5.41, 5.74) is 0.842. The molecule has 0 saturated carbocycles. The molecule has 0 bridgehead atoms. The van der Waals surface area contributed by atoms with Crippen LogP contribution in [0.1, 0.15) is 11.5 Å². The standard InChI is InChI=1S/C13H14FN3O2S2/c1-20-8-12-16-17-13(19-12)21-7-11(18)15-6-9-2-4-10(14)5-3-9/h2-5H,6-8H2,1H3,(H,15,18). The van der Waals surface area contributed by atoms with E-state index in [0.29, 0.717) is 23.4 Å². The second-order valence-electron chi connectivity index (χ2n) is 4.09. The van der Waals surface area contributed by atoms with E-state index in [1.165, 1.54) is 23.9 Å². The number of aromatic nitrogens is 2. The summed E-state index contributed by atoms with van der Waals surface area (Å²) in [6, 6.07) is 5.99. The van der Waals surface area contributed by atoms with Gasteiger partial charge < -0.3 is 9.73 Å². The quantitative estimate of drug-likeness (QED) is 0.788. The molecule has 0 spiro atoms. The van der Waals surface area contributed by atoms with E-state index < -0.39 is 0 Å². The van der Waals surface area contributed by atoms with Crippen molar-refractivity contribution >= 4 is 29.4 Å². The van der Waals surface area contributed by atoms with Gasteiger partial charge in [-0.15, -0.1) is 10.2 Å². The molecule has 0 radical (unpaired) electrons. The van der Waals surface area contributed by atoms with Gasteiger partial charge in [-0.3, -0.25) is 4.79 Å². The summed E-state index contributed by atoms with van der Waals surface area (Å²) in [4.78, 5) is 11.7. The molecule has 21 heavy (non-hydrogen) atoms. The second-order valence-corrected chi connectivity index (χ2v) is 5.88. The van der Waals surface area contributed by atoms with E-state index in [2.05, 4.69) is 15.5 Å². The molecule has 1 aromatic heterocycles. The van der Waals surface area contributed by atoms with Crippen molar-refractivity contribution in [3.8, 4) is 0 Å². The van der Waals surface area contributed by atoms with Crippen molar-refractivity contribution < 1.29 is 13.6 Å². The first-order chi connectivity index (χ1) is 10.2. The van der Waals surface area contributed by atoms with Gasteiger partial charge in [-0.2, -0.15) is 11.8 Å². The van der Waals surface area contributed by atoms with E-state index in [-0.39, 0.29) is 17.5 Å². The van der Waals surface area contributed by atoms with E-state index in [1.807, 2.05) is 6.26 Å². The highest BCUT2D eigenvalue weighted by Crippen LogP contribution is 2.17. The molecule has 1 N–H and O–H groups in total. The van der Waals surface area contributed by atoms with Crippen molar-refractivity contribution in [2.24, 2.45) is 0 Å². The average Bonchev–Trinajstić information content (AvgIpc) is 2.93. The molecular weight excluding hydrogens is 313 g/mol. The third-order valence-electron chi connectivity index (χ3n) is 2.45. The summed E-state index contributed by atoms with van der Waals surface area (Å²) in [5.74, 6) is 0.968. The number of hydrogen-bond donors (Lipinski definition) is 1. The minimum atomic E-state index is -0.293.